The highest BCUT2D eigenvalue weighted by molar-refractivity contribution is 5.81. The lowest BCUT2D eigenvalue weighted by atomic mass is 10.2. The molecule has 0 bridgehead atoms. The Kier molecular flexibility index (Phi) is 2.63. The van der Waals surface area contributed by atoms with Gasteiger partial charge in [-0.1, -0.05) is 12.1 Å². The summed E-state index contributed by atoms with van der Waals surface area (Å²) in [5.41, 5.74) is 3.79. The van der Waals surface area contributed by atoms with Gasteiger partial charge in [0.25, 0.3) is 0 Å². The van der Waals surface area contributed by atoms with E-state index < -0.39 is 0 Å². The van der Waals surface area contributed by atoms with Crippen molar-refractivity contribution < 1.29 is 9.84 Å². The number of nitrogens with zero attached hydrogens (tertiary/aromatic N) is 1. The molecule has 0 aliphatic heterocycles. The van der Waals surface area contributed by atoms with E-state index in [2.05, 4.69) is 9.97 Å². The van der Waals surface area contributed by atoms with Crippen molar-refractivity contribution in [2.75, 3.05) is 7.11 Å². The first kappa shape index (κ1) is 11.6. The minimum Gasteiger partial charge on any atom is -0.504 e. The van der Waals surface area contributed by atoms with Crippen molar-refractivity contribution in [2.45, 2.75) is 6.92 Å². The highest BCUT2D eigenvalue weighted by Crippen LogP contribution is 2.36. The predicted molar refractivity (Wildman–Crippen MR) is 74.5 cm³/mol. The van der Waals surface area contributed by atoms with Gasteiger partial charge in [-0.25, -0.2) is 4.98 Å². The van der Waals surface area contributed by atoms with Crippen molar-refractivity contribution in [3.63, 3.8) is 0 Å². The van der Waals surface area contributed by atoms with Crippen molar-refractivity contribution in [3.05, 3.63) is 42.0 Å². The molecule has 0 unspecified atom stereocenters. The lowest BCUT2D eigenvalue weighted by Gasteiger charge is -2.07. The molecule has 1 aromatic heterocycles. The second-order valence-electron chi connectivity index (χ2n) is 4.46. The number of fused-ring (bicyclic) bond motifs is 1. The number of phenols is 1. The number of hydrogen-bond acceptors (Lipinski definition) is 3. The summed E-state index contributed by atoms with van der Waals surface area (Å²) in [4.78, 5) is 7.78. The summed E-state index contributed by atoms with van der Waals surface area (Å²) < 4.78 is 5.24. The van der Waals surface area contributed by atoms with Crippen molar-refractivity contribution in [3.8, 4) is 22.9 Å². The number of rotatable bonds is 2. The van der Waals surface area contributed by atoms with Gasteiger partial charge in [-0.05, 0) is 36.8 Å². The highest BCUT2D eigenvalue weighted by atomic mass is 16.5. The molecule has 0 spiro atoms. The average Bonchev–Trinajstić information content (AvgIpc) is 2.81. The van der Waals surface area contributed by atoms with Crippen LogP contribution in [0.1, 0.15) is 5.56 Å². The molecule has 0 aliphatic carbocycles. The Morgan fingerprint density at radius 1 is 1.21 bits per heavy atom. The van der Waals surface area contributed by atoms with Gasteiger partial charge >= 0.3 is 0 Å². The molecule has 0 fully saturated rings. The fourth-order valence-corrected chi connectivity index (χ4v) is 2.18. The minimum atomic E-state index is 0.108. The number of aromatic hydroxyl groups is 1. The Bertz CT molecular complexity index is 747. The Labute approximate surface area is 110 Å². The van der Waals surface area contributed by atoms with Crippen LogP contribution in [0.4, 0.5) is 0 Å². The maximum Gasteiger partial charge on any atom is 0.171 e. The predicted octanol–water partition coefficient (Wildman–Crippen LogP) is 3.25. The molecule has 2 N–H and O–H groups in total. The largest absolute Gasteiger partial charge is 0.504 e. The first-order chi connectivity index (χ1) is 9.19. The Hall–Kier alpha value is -2.49. The number of aromatic nitrogens is 2. The minimum absolute atomic E-state index is 0.108. The van der Waals surface area contributed by atoms with Crippen LogP contribution in [0.3, 0.4) is 0 Å². The van der Waals surface area contributed by atoms with E-state index in [9.17, 15) is 5.11 Å². The molecule has 0 aliphatic rings. The smallest absolute Gasteiger partial charge is 0.171 e. The molecule has 3 aromatic rings. The third-order valence-electron chi connectivity index (χ3n) is 3.09. The molecule has 4 nitrogen and oxygen atoms in total. The molecule has 4 heteroatoms. The summed E-state index contributed by atoms with van der Waals surface area (Å²) in [5, 5.41) is 9.80. The van der Waals surface area contributed by atoms with Gasteiger partial charge in [0.15, 0.2) is 11.5 Å². The first-order valence-corrected chi connectivity index (χ1v) is 6.02. The first-order valence-electron chi connectivity index (χ1n) is 6.02. The summed E-state index contributed by atoms with van der Waals surface area (Å²) in [7, 11) is 1.53. The Morgan fingerprint density at radius 3 is 2.84 bits per heavy atom. The number of aryl methyl sites for hydroxylation is 1. The van der Waals surface area contributed by atoms with E-state index in [1.165, 1.54) is 12.7 Å². The van der Waals surface area contributed by atoms with Gasteiger partial charge in [0, 0.05) is 0 Å². The number of imidazole rings is 1. The van der Waals surface area contributed by atoms with E-state index >= 15 is 0 Å². The zero-order chi connectivity index (χ0) is 13.4. The number of para-hydroxylation sites is 1. The van der Waals surface area contributed by atoms with Crippen molar-refractivity contribution >= 4 is 11.0 Å². The number of methoxy groups -OCH3 is 1. The Morgan fingerprint density at radius 2 is 2.05 bits per heavy atom. The molecule has 0 saturated carbocycles. The lowest BCUT2D eigenvalue weighted by molar-refractivity contribution is 0.375. The van der Waals surface area contributed by atoms with Gasteiger partial charge in [0.05, 0.1) is 23.7 Å². The molecule has 19 heavy (non-hydrogen) atoms. The van der Waals surface area contributed by atoms with Crippen LogP contribution in [-0.2, 0) is 0 Å². The summed E-state index contributed by atoms with van der Waals surface area (Å²) in [5.74, 6) is 1.23. The van der Waals surface area contributed by atoms with E-state index in [0.29, 0.717) is 11.6 Å². The fourth-order valence-electron chi connectivity index (χ4n) is 2.18. The van der Waals surface area contributed by atoms with E-state index in [1.54, 1.807) is 12.1 Å². The summed E-state index contributed by atoms with van der Waals surface area (Å²) in [6.07, 6.45) is 0. The van der Waals surface area contributed by atoms with Gasteiger partial charge < -0.3 is 14.8 Å². The molecule has 0 saturated heterocycles. The normalized spacial score (nSPS) is 10.8. The average molecular weight is 254 g/mol. The number of benzene rings is 2. The van der Waals surface area contributed by atoms with Crippen molar-refractivity contribution in [2.24, 2.45) is 0 Å². The third kappa shape index (κ3) is 1.91. The fraction of sp³-hybridized carbons (Fsp3) is 0.133. The summed E-state index contributed by atoms with van der Waals surface area (Å²) in [6.45, 7) is 2.04. The lowest BCUT2D eigenvalue weighted by Crippen LogP contribution is -1.89. The summed E-state index contributed by atoms with van der Waals surface area (Å²) in [6, 6.07) is 11.3. The second kappa shape index (κ2) is 4.31. The number of H-pyrrole nitrogens is 1. The summed E-state index contributed by atoms with van der Waals surface area (Å²) >= 11 is 0. The molecule has 0 amide bonds. The molecule has 0 radical (unpaired) electrons. The molecule has 2 aromatic carbocycles. The van der Waals surface area contributed by atoms with Gasteiger partial charge in [0.2, 0.25) is 0 Å². The molecule has 0 atom stereocenters. The van der Waals surface area contributed by atoms with Crippen LogP contribution in [0.15, 0.2) is 36.4 Å². The maximum absolute atomic E-state index is 9.80. The number of aromatic amines is 1. The maximum atomic E-state index is 9.80. The SMILES string of the molecule is COc1c(O)cccc1-c1nc2ccc(C)cc2[nH]1. The van der Waals surface area contributed by atoms with Crippen LogP contribution in [0.25, 0.3) is 22.4 Å². The zero-order valence-electron chi connectivity index (χ0n) is 10.8. The van der Waals surface area contributed by atoms with E-state index in [1.807, 2.05) is 31.2 Å². The van der Waals surface area contributed by atoms with Gasteiger partial charge in [-0.2, -0.15) is 0 Å². The molecular weight excluding hydrogens is 240 g/mol. The molecule has 96 valence electrons. The topological polar surface area (TPSA) is 58.1 Å². The van der Waals surface area contributed by atoms with E-state index in [-0.39, 0.29) is 5.75 Å². The van der Waals surface area contributed by atoms with Crippen LogP contribution in [0.5, 0.6) is 11.5 Å². The quantitative estimate of drug-likeness (QED) is 0.738. The molecular formula is C15H14N2O2. The van der Waals surface area contributed by atoms with Crippen LogP contribution in [-0.4, -0.2) is 22.2 Å². The van der Waals surface area contributed by atoms with Crippen LogP contribution >= 0.6 is 0 Å². The molecule has 3 rings (SSSR count). The van der Waals surface area contributed by atoms with Gasteiger partial charge in [-0.3, -0.25) is 0 Å². The standard InChI is InChI=1S/C15H14N2O2/c1-9-6-7-11-12(8-9)17-15(16-11)10-4-3-5-13(18)14(10)19-2/h3-8,18H,1-2H3,(H,16,17). The van der Waals surface area contributed by atoms with Crippen molar-refractivity contribution in [1.29, 1.82) is 0 Å². The third-order valence-corrected chi connectivity index (χ3v) is 3.09. The molecule has 1 heterocycles. The highest BCUT2D eigenvalue weighted by Gasteiger charge is 2.13. The van der Waals surface area contributed by atoms with E-state index in [0.717, 1.165) is 16.6 Å². The van der Waals surface area contributed by atoms with Crippen molar-refractivity contribution in [1.82, 2.24) is 9.97 Å². The number of ether oxygens (including phenoxy) is 1. The van der Waals surface area contributed by atoms with Gasteiger partial charge in [0.1, 0.15) is 5.82 Å². The van der Waals surface area contributed by atoms with Crippen LogP contribution in [0, 0.1) is 6.92 Å². The van der Waals surface area contributed by atoms with Gasteiger partial charge in [-0.15, -0.1) is 0 Å². The monoisotopic (exact) mass is 254 g/mol. The van der Waals surface area contributed by atoms with E-state index in [4.69, 9.17) is 4.74 Å². The van der Waals surface area contributed by atoms with Crippen LogP contribution < -0.4 is 4.74 Å². The number of phenolic OH excluding ortho intramolecular Hbond substituents is 1. The number of hydrogen-bond donors (Lipinski definition) is 2. The zero-order valence-corrected chi connectivity index (χ0v) is 10.8. The Balaban J connectivity index is 2.22. The second-order valence-corrected chi connectivity index (χ2v) is 4.46. The van der Waals surface area contributed by atoms with Crippen LogP contribution in [0.2, 0.25) is 0 Å². The number of nitrogens with one attached hydrogen (secondary N) is 1.